The first-order chi connectivity index (χ1) is 14.6. The number of morpholine rings is 1. The molecule has 4 nitrogen and oxygen atoms in total. The average molecular weight is 426 g/mol. The Labute approximate surface area is 180 Å². The summed E-state index contributed by atoms with van der Waals surface area (Å²) in [6.07, 6.45) is 0. The van der Waals surface area contributed by atoms with Crippen molar-refractivity contribution in [2.24, 2.45) is 0 Å². The summed E-state index contributed by atoms with van der Waals surface area (Å²) >= 11 is 1.56. The van der Waals surface area contributed by atoms with E-state index in [9.17, 15) is 9.18 Å². The Hall–Kier alpha value is -2.54. The minimum atomic E-state index is -0.218. The van der Waals surface area contributed by atoms with Gasteiger partial charge in [-0.1, -0.05) is 30.3 Å². The van der Waals surface area contributed by atoms with Gasteiger partial charge in [0, 0.05) is 16.0 Å². The zero-order chi connectivity index (χ0) is 21.1. The molecule has 0 bridgehead atoms. The van der Waals surface area contributed by atoms with Crippen LogP contribution in [0.1, 0.15) is 38.0 Å². The lowest BCUT2D eigenvalue weighted by molar-refractivity contribution is -0.933. The van der Waals surface area contributed by atoms with Crippen molar-refractivity contribution < 1.29 is 18.8 Å². The molecule has 1 fully saturated rings. The zero-order valence-electron chi connectivity index (χ0n) is 17.2. The van der Waals surface area contributed by atoms with Crippen LogP contribution in [-0.2, 0) is 4.74 Å². The van der Waals surface area contributed by atoms with Gasteiger partial charge in [0.25, 0.3) is 5.91 Å². The summed E-state index contributed by atoms with van der Waals surface area (Å²) in [5.41, 5.74) is 3.37. The number of aryl methyl sites for hydroxylation is 1. The lowest BCUT2D eigenvalue weighted by Gasteiger charge is -2.32. The van der Waals surface area contributed by atoms with Gasteiger partial charge >= 0.3 is 0 Å². The predicted molar refractivity (Wildman–Crippen MR) is 118 cm³/mol. The van der Waals surface area contributed by atoms with Crippen LogP contribution in [0.15, 0.2) is 54.6 Å². The normalized spacial score (nSPS) is 15.7. The van der Waals surface area contributed by atoms with Crippen molar-refractivity contribution >= 4 is 22.2 Å². The molecule has 1 saturated heterocycles. The summed E-state index contributed by atoms with van der Waals surface area (Å²) < 4.78 is 20.5. The SMILES string of the molecule is Cc1sc(NC(=O)c2ccccc2)c([C@H](c2ccccc2F)[NH+]2CCOCC2)c1C. The van der Waals surface area contributed by atoms with Gasteiger partial charge in [0.1, 0.15) is 29.9 Å². The molecule has 0 unspecified atom stereocenters. The molecule has 4 rings (SSSR count). The number of anilines is 1. The average Bonchev–Trinajstić information content (AvgIpc) is 3.04. The summed E-state index contributed by atoms with van der Waals surface area (Å²) in [6, 6.07) is 15.9. The van der Waals surface area contributed by atoms with Gasteiger partial charge in [0.2, 0.25) is 0 Å². The standard InChI is InChI=1S/C24H25FN2O2S/c1-16-17(2)30-24(26-23(28)18-8-4-3-5-9-18)21(16)22(27-12-14-29-15-13-27)19-10-6-7-11-20(19)25/h3-11,22H,12-15H2,1-2H3,(H,26,28)/p+1/t22-/m0/s1. The molecule has 6 heteroatoms. The van der Waals surface area contributed by atoms with Crippen molar-refractivity contribution in [2.45, 2.75) is 19.9 Å². The Bertz CT molecular complexity index is 1030. The van der Waals surface area contributed by atoms with E-state index in [1.54, 1.807) is 29.5 Å². The minimum Gasteiger partial charge on any atom is -0.370 e. The van der Waals surface area contributed by atoms with Crippen molar-refractivity contribution in [1.29, 1.82) is 0 Å². The molecule has 1 aliphatic rings. The number of rotatable bonds is 5. The number of nitrogens with one attached hydrogen (secondary N) is 2. The number of ether oxygens (including phenoxy) is 1. The highest BCUT2D eigenvalue weighted by atomic mass is 32.1. The second-order valence-corrected chi connectivity index (χ2v) is 8.80. The van der Waals surface area contributed by atoms with E-state index in [-0.39, 0.29) is 17.8 Å². The molecule has 1 atom stereocenters. The number of carbonyl (C=O) groups is 1. The van der Waals surface area contributed by atoms with Crippen LogP contribution in [0.4, 0.5) is 9.39 Å². The van der Waals surface area contributed by atoms with Crippen LogP contribution in [0.2, 0.25) is 0 Å². The summed E-state index contributed by atoms with van der Waals surface area (Å²) in [7, 11) is 0. The van der Waals surface area contributed by atoms with Crippen LogP contribution in [0.5, 0.6) is 0 Å². The molecular formula is C24H26FN2O2S+. The molecule has 30 heavy (non-hydrogen) atoms. The first-order valence-electron chi connectivity index (χ1n) is 10.2. The van der Waals surface area contributed by atoms with Gasteiger partial charge in [-0.25, -0.2) is 4.39 Å². The second-order valence-electron chi connectivity index (χ2n) is 7.57. The highest BCUT2D eigenvalue weighted by Gasteiger charge is 2.35. The maximum atomic E-state index is 14.9. The van der Waals surface area contributed by atoms with E-state index in [4.69, 9.17) is 4.74 Å². The first-order valence-corrected chi connectivity index (χ1v) is 11.0. The number of thiophene rings is 1. The summed E-state index contributed by atoms with van der Waals surface area (Å²) in [5.74, 6) is -0.368. The molecular weight excluding hydrogens is 399 g/mol. The van der Waals surface area contributed by atoms with E-state index in [0.717, 1.165) is 34.1 Å². The predicted octanol–water partition coefficient (Wildman–Crippen LogP) is 3.76. The maximum Gasteiger partial charge on any atom is 0.256 e. The molecule has 1 aromatic heterocycles. The molecule has 0 saturated carbocycles. The van der Waals surface area contributed by atoms with Gasteiger partial charge < -0.3 is 15.0 Å². The first kappa shape index (κ1) is 20.7. The Morgan fingerprint density at radius 3 is 2.43 bits per heavy atom. The number of benzene rings is 2. The second kappa shape index (κ2) is 9.08. The fourth-order valence-electron chi connectivity index (χ4n) is 4.06. The van der Waals surface area contributed by atoms with E-state index >= 15 is 0 Å². The Morgan fingerprint density at radius 2 is 1.73 bits per heavy atom. The van der Waals surface area contributed by atoms with E-state index < -0.39 is 0 Å². The van der Waals surface area contributed by atoms with Crippen LogP contribution in [0, 0.1) is 19.7 Å². The van der Waals surface area contributed by atoms with Crippen molar-refractivity contribution in [3.8, 4) is 0 Å². The molecule has 3 aromatic rings. The number of hydrogen-bond donors (Lipinski definition) is 2. The Balaban J connectivity index is 1.79. The lowest BCUT2D eigenvalue weighted by atomic mass is 9.94. The molecule has 2 heterocycles. The van der Waals surface area contributed by atoms with E-state index in [2.05, 4.69) is 19.2 Å². The van der Waals surface area contributed by atoms with Gasteiger partial charge in [-0.3, -0.25) is 4.79 Å². The molecule has 1 amide bonds. The van der Waals surface area contributed by atoms with Gasteiger partial charge in [-0.15, -0.1) is 11.3 Å². The molecule has 2 aromatic carbocycles. The molecule has 2 N–H and O–H groups in total. The summed E-state index contributed by atoms with van der Waals surface area (Å²) in [5, 5.41) is 3.91. The van der Waals surface area contributed by atoms with E-state index in [0.29, 0.717) is 24.3 Å². The third-order valence-electron chi connectivity index (χ3n) is 5.74. The van der Waals surface area contributed by atoms with Gasteiger partial charge in [0.05, 0.1) is 18.8 Å². The number of amides is 1. The van der Waals surface area contributed by atoms with E-state index in [1.807, 2.05) is 30.3 Å². The summed E-state index contributed by atoms with van der Waals surface area (Å²) in [6.45, 7) is 6.99. The molecule has 0 spiro atoms. The number of halogens is 1. The largest absolute Gasteiger partial charge is 0.370 e. The highest BCUT2D eigenvalue weighted by Crippen LogP contribution is 2.39. The third kappa shape index (κ3) is 4.17. The molecule has 1 aliphatic heterocycles. The third-order valence-corrected chi connectivity index (χ3v) is 6.88. The number of hydrogen-bond acceptors (Lipinski definition) is 3. The van der Waals surface area contributed by atoms with Gasteiger partial charge in [0.15, 0.2) is 0 Å². The highest BCUT2D eigenvalue weighted by molar-refractivity contribution is 7.16. The van der Waals surface area contributed by atoms with Crippen LogP contribution in [-0.4, -0.2) is 32.2 Å². The van der Waals surface area contributed by atoms with Crippen molar-refractivity contribution in [3.05, 3.63) is 87.5 Å². The van der Waals surface area contributed by atoms with Crippen molar-refractivity contribution in [3.63, 3.8) is 0 Å². The quantitative estimate of drug-likeness (QED) is 0.654. The van der Waals surface area contributed by atoms with Gasteiger partial charge in [-0.05, 0) is 43.7 Å². The Morgan fingerprint density at radius 1 is 1.07 bits per heavy atom. The molecule has 0 aliphatic carbocycles. The van der Waals surface area contributed by atoms with Crippen LogP contribution in [0.3, 0.4) is 0 Å². The van der Waals surface area contributed by atoms with Crippen molar-refractivity contribution in [1.82, 2.24) is 0 Å². The number of quaternary nitrogens is 1. The van der Waals surface area contributed by atoms with Crippen LogP contribution < -0.4 is 10.2 Å². The van der Waals surface area contributed by atoms with Crippen LogP contribution in [0.25, 0.3) is 0 Å². The fourth-order valence-corrected chi connectivity index (χ4v) is 5.15. The Kier molecular flexibility index (Phi) is 6.27. The topological polar surface area (TPSA) is 42.8 Å². The number of carbonyl (C=O) groups excluding carboxylic acids is 1. The van der Waals surface area contributed by atoms with Crippen LogP contribution >= 0.6 is 11.3 Å². The minimum absolute atomic E-state index is 0.151. The monoisotopic (exact) mass is 425 g/mol. The summed E-state index contributed by atoms with van der Waals surface area (Å²) in [4.78, 5) is 15.3. The fraction of sp³-hybridized carbons (Fsp3) is 0.292. The smallest absolute Gasteiger partial charge is 0.256 e. The maximum absolute atomic E-state index is 14.9. The molecule has 156 valence electrons. The molecule has 0 radical (unpaired) electrons. The van der Waals surface area contributed by atoms with Crippen molar-refractivity contribution in [2.75, 3.05) is 31.6 Å². The van der Waals surface area contributed by atoms with Gasteiger partial charge in [-0.2, -0.15) is 0 Å². The van der Waals surface area contributed by atoms with E-state index in [1.165, 1.54) is 11.0 Å². The lowest BCUT2D eigenvalue weighted by Crippen LogP contribution is -3.14. The zero-order valence-corrected chi connectivity index (χ0v) is 18.0.